The van der Waals surface area contributed by atoms with E-state index in [9.17, 15) is 0 Å². The van der Waals surface area contributed by atoms with Gasteiger partial charge in [-0.3, -0.25) is 0 Å². The third-order valence-corrected chi connectivity index (χ3v) is 2.52. The fourth-order valence-corrected chi connectivity index (χ4v) is 1.64. The van der Waals surface area contributed by atoms with Gasteiger partial charge in [-0.05, 0) is 24.8 Å². The van der Waals surface area contributed by atoms with E-state index in [-0.39, 0.29) is 0 Å². The van der Waals surface area contributed by atoms with Gasteiger partial charge in [-0.25, -0.2) is 0 Å². The third kappa shape index (κ3) is 1.59. The summed E-state index contributed by atoms with van der Waals surface area (Å²) in [4.78, 5) is 0. The fraction of sp³-hybridized carbons (Fsp3) is 0.333. The van der Waals surface area contributed by atoms with Gasteiger partial charge in [0, 0.05) is 5.56 Å². The largest absolute Gasteiger partial charge is 0.496 e. The summed E-state index contributed by atoms with van der Waals surface area (Å²) in [5.74, 6) is 1.09. The molecule has 1 saturated carbocycles. The fourth-order valence-electron chi connectivity index (χ4n) is 1.64. The lowest BCUT2D eigenvalue weighted by Gasteiger charge is -2.21. The molecule has 1 aromatic rings. The molecule has 0 saturated heterocycles. The van der Waals surface area contributed by atoms with Crippen LogP contribution in [0.2, 0.25) is 0 Å². The molecule has 0 bridgehead atoms. The SMILES string of the molecule is COC(=C1CCC1)c1ccccc1. The lowest BCUT2D eigenvalue weighted by atomic mass is 9.89. The van der Waals surface area contributed by atoms with Crippen molar-refractivity contribution in [1.29, 1.82) is 0 Å². The van der Waals surface area contributed by atoms with Gasteiger partial charge in [0.15, 0.2) is 0 Å². The number of methoxy groups -OCH3 is 1. The third-order valence-electron chi connectivity index (χ3n) is 2.52. The monoisotopic (exact) mass is 174 g/mol. The Bertz CT molecular complexity index is 305. The molecule has 13 heavy (non-hydrogen) atoms. The van der Waals surface area contributed by atoms with Crippen LogP contribution in [0.5, 0.6) is 0 Å². The Morgan fingerprint density at radius 3 is 2.31 bits per heavy atom. The highest BCUT2D eigenvalue weighted by atomic mass is 16.5. The summed E-state index contributed by atoms with van der Waals surface area (Å²) in [6.07, 6.45) is 3.73. The topological polar surface area (TPSA) is 9.23 Å². The predicted molar refractivity (Wildman–Crippen MR) is 54.2 cm³/mol. The van der Waals surface area contributed by atoms with Crippen LogP contribution in [-0.2, 0) is 4.74 Å². The Balaban J connectivity index is 2.32. The van der Waals surface area contributed by atoms with Crippen LogP contribution in [0.15, 0.2) is 35.9 Å². The Labute approximate surface area is 79.0 Å². The van der Waals surface area contributed by atoms with Crippen LogP contribution in [0, 0.1) is 0 Å². The number of benzene rings is 1. The van der Waals surface area contributed by atoms with Crippen LogP contribution < -0.4 is 0 Å². The first-order valence-corrected chi connectivity index (χ1v) is 4.73. The molecule has 1 aromatic carbocycles. The molecule has 1 heteroatoms. The average Bonchev–Trinajstić information content (AvgIpc) is 2.12. The summed E-state index contributed by atoms with van der Waals surface area (Å²) in [5, 5.41) is 0. The van der Waals surface area contributed by atoms with Gasteiger partial charge in [0.25, 0.3) is 0 Å². The first-order valence-electron chi connectivity index (χ1n) is 4.73. The van der Waals surface area contributed by atoms with E-state index in [0.29, 0.717) is 0 Å². The molecule has 0 unspecified atom stereocenters. The Morgan fingerprint density at radius 1 is 1.15 bits per heavy atom. The van der Waals surface area contributed by atoms with Gasteiger partial charge in [0.1, 0.15) is 5.76 Å². The minimum atomic E-state index is 1.09. The normalized spacial score (nSPS) is 15.0. The first-order chi connectivity index (χ1) is 6.42. The lowest BCUT2D eigenvalue weighted by Crippen LogP contribution is -2.02. The summed E-state index contributed by atoms with van der Waals surface area (Å²) in [5.41, 5.74) is 2.67. The molecule has 1 aliphatic carbocycles. The van der Waals surface area contributed by atoms with Crippen LogP contribution in [-0.4, -0.2) is 7.11 Å². The van der Waals surface area contributed by atoms with Crippen molar-refractivity contribution in [3.8, 4) is 0 Å². The molecule has 0 atom stereocenters. The van der Waals surface area contributed by atoms with E-state index in [1.54, 1.807) is 7.11 Å². The molecule has 1 aliphatic rings. The van der Waals surface area contributed by atoms with Crippen LogP contribution in [0.3, 0.4) is 0 Å². The molecular formula is C12H14O. The van der Waals surface area contributed by atoms with E-state index in [1.807, 2.05) is 18.2 Å². The lowest BCUT2D eigenvalue weighted by molar-refractivity contribution is 0.359. The van der Waals surface area contributed by atoms with E-state index in [4.69, 9.17) is 4.74 Å². The molecule has 68 valence electrons. The van der Waals surface area contributed by atoms with E-state index in [2.05, 4.69) is 12.1 Å². The number of hydrogen-bond acceptors (Lipinski definition) is 1. The molecule has 0 N–H and O–H groups in total. The second-order valence-electron chi connectivity index (χ2n) is 3.36. The van der Waals surface area contributed by atoms with Gasteiger partial charge in [-0.1, -0.05) is 30.3 Å². The standard InChI is InChI=1S/C12H14O/c1-13-12(11-8-5-9-11)10-6-3-2-4-7-10/h2-4,6-7H,5,8-9H2,1H3. The maximum absolute atomic E-state index is 5.42. The van der Waals surface area contributed by atoms with Gasteiger partial charge in [-0.15, -0.1) is 0 Å². The molecule has 1 fully saturated rings. The average molecular weight is 174 g/mol. The number of hydrogen-bond donors (Lipinski definition) is 0. The van der Waals surface area contributed by atoms with Crippen molar-refractivity contribution in [2.24, 2.45) is 0 Å². The van der Waals surface area contributed by atoms with Crippen molar-refractivity contribution >= 4 is 5.76 Å². The first kappa shape index (κ1) is 8.36. The highest BCUT2D eigenvalue weighted by molar-refractivity contribution is 5.64. The number of allylic oxidation sites excluding steroid dienone is 1. The Hall–Kier alpha value is -1.24. The molecule has 0 radical (unpaired) electrons. The zero-order valence-electron chi connectivity index (χ0n) is 7.92. The molecule has 1 nitrogen and oxygen atoms in total. The number of rotatable bonds is 2. The Kier molecular flexibility index (Phi) is 2.35. The predicted octanol–water partition coefficient (Wildman–Crippen LogP) is 3.23. The Morgan fingerprint density at radius 2 is 1.85 bits per heavy atom. The molecule has 0 aliphatic heterocycles. The quantitative estimate of drug-likeness (QED) is 0.625. The van der Waals surface area contributed by atoms with Gasteiger partial charge in [-0.2, -0.15) is 0 Å². The van der Waals surface area contributed by atoms with E-state index in [0.717, 1.165) is 5.76 Å². The summed E-state index contributed by atoms with van der Waals surface area (Å²) < 4.78 is 5.42. The summed E-state index contributed by atoms with van der Waals surface area (Å²) in [7, 11) is 1.76. The maximum Gasteiger partial charge on any atom is 0.125 e. The van der Waals surface area contributed by atoms with Crippen molar-refractivity contribution in [2.45, 2.75) is 19.3 Å². The van der Waals surface area contributed by atoms with Crippen LogP contribution >= 0.6 is 0 Å². The van der Waals surface area contributed by atoms with E-state index in [1.165, 1.54) is 30.4 Å². The second-order valence-corrected chi connectivity index (χ2v) is 3.36. The van der Waals surface area contributed by atoms with Crippen molar-refractivity contribution in [3.63, 3.8) is 0 Å². The maximum atomic E-state index is 5.42. The van der Waals surface area contributed by atoms with Crippen molar-refractivity contribution < 1.29 is 4.74 Å². The van der Waals surface area contributed by atoms with Crippen molar-refractivity contribution in [1.82, 2.24) is 0 Å². The molecule has 2 rings (SSSR count). The van der Waals surface area contributed by atoms with Crippen molar-refractivity contribution in [3.05, 3.63) is 41.5 Å². The highest BCUT2D eigenvalue weighted by Crippen LogP contribution is 2.33. The molecule has 0 amide bonds. The van der Waals surface area contributed by atoms with Gasteiger partial charge in [0.05, 0.1) is 7.11 Å². The molecule has 0 aromatic heterocycles. The summed E-state index contributed by atoms with van der Waals surface area (Å²) in [6.45, 7) is 0. The minimum Gasteiger partial charge on any atom is -0.496 e. The van der Waals surface area contributed by atoms with Gasteiger partial charge < -0.3 is 4.74 Å². The van der Waals surface area contributed by atoms with Crippen LogP contribution in [0.4, 0.5) is 0 Å². The second kappa shape index (κ2) is 3.65. The van der Waals surface area contributed by atoms with E-state index < -0.39 is 0 Å². The van der Waals surface area contributed by atoms with Crippen molar-refractivity contribution in [2.75, 3.05) is 7.11 Å². The zero-order chi connectivity index (χ0) is 9.10. The van der Waals surface area contributed by atoms with E-state index >= 15 is 0 Å². The molecular weight excluding hydrogens is 160 g/mol. The smallest absolute Gasteiger partial charge is 0.125 e. The minimum absolute atomic E-state index is 1.09. The molecule has 0 spiro atoms. The summed E-state index contributed by atoms with van der Waals surface area (Å²) in [6, 6.07) is 10.3. The number of ether oxygens (including phenoxy) is 1. The summed E-state index contributed by atoms with van der Waals surface area (Å²) >= 11 is 0. The highest BCUT2D eigenvalue weighted by Gasteiger charge is 2.15. The van der Waals surface area contributed by atoms with Gasteiger partial charge >= 0.3 is 0 Å². The van der Waals surface area contributed by atoms with Crippen LogP contribution in [0.25, 0.3) is 5.76 Å². The van der Waals surface area contributed by atoms with Crippen LogP contribution in [0.1, 0.15) is 24.8 Å². The zero-order valence-corrected chi connectivity index (χ0v) is 7.92. The molecule has 0 heterocycles. The van der Waals surface area contributed by atoms with Gasteiger partial charge in [0.2, 0.25) is 0 Å².